The summed E-state index contributed by atoms with van der Waals surface area (Å²) in [6.07, 6.45) is 1.18. The Balaban J connectivity index is 0.00000441. The summed E-state index contributed by atoms with van der Waals surface area (Å²) in [7, 11) is 1.67. The summed E-state index contributed by atoms with van der Waals surface area (Å²) in [4.78, 5) is 18.9. The van der Waals surface area contributed by atoms with Crippen molar-refractivity contribution in [1.82, 2.24) is 15.5 Å². The monoisotopic (exact) mass is 442 g/mol. The third-order valence-electron chi connectivity index (χ3n) is 3.69. The first kappa shape index (κ1) is 21.8. The Morgan fingerprint density at radius 2 is 2.09 bits per heavy atom. The fraction of sp³-hybridized carbons (Fsp3) is 0.867. The third kappa shape index (κ3) is 6.52. The lowest BCUT2D eigenvalue weighted by Crippen LogP contribution is -2.48. The Hall–Kier alpha value is -0.180. The number of nitrogens with zero attached hydrogens (tertiary/aromatic N) is 2. The zero-order chi connectivity index (χ0) is 15.9. The predicted molar refractivity (Wildman–Crippen MR) is 107 cm³/mol. The van der Waals surface area contributed by atoms with Crippen molar-refractivity contribution in [3.63, 3.8) is 0 Å². The number of hydrogen-bond donors (Lipinski definition) is 2. The van der Waals surface area contributed by atoms with Crippen molar-refractivity contribution in [2.75, 3.05) is 39.0 Å². The molecule has 0 aromatic heterocycles. The Morgan fingerprint density at radius 1 is 1.41 bits per heavy atom. The van der Waals surface area contributed by atoms with Crippen molar-refractivity contribution in [3.05, 3.63) is 0 Å². The van der Waals surface area contributed by atoms with Crippen LogP contribution in [0.2, 0.25) is 0 Å². The van der Waals surface area contributed by atoms with Crippen molar-refractivity contribution in [2.24, 2.45) is 10.4 Å². The van der Waals surface area contributed by atoms with Gasteiger partial charge in [0.1, 0.15) is 0 Å². The van der Waals surface area contributed by atoms with Crippen molar-refractivity contribution in [1.29, 1.82) is 0 Å². The molecule has 1 saturated heterocycles. The van der Waals surface area contributed by atoms with E-state index >= 15 is 0 Å². The molecule has 0 aliphatic carbocycles. The van der Waals surface area contributed by atoms with Crippen LogP contribution in [0.4, 0.5) is 0 Å². The highest BCUT2D eigenvalue weighted by Gasteiger charge is 2.27. The van der Waals surface area contributed by atoms with E-state index in [4.69, 9.17) is 4.99 Å². The molecule has 0 aromatic rings. The Morgan fingerprint density at radius 3 is 2.64 bits per heavy atom. The average molecular weight is 442 g/mol. The van der Waals surface area contributed by atoms with Crippen LogP contribution in [0.5, 0.6) is 0 Å². The van der Waals surface area contributed by atoms with Gasteiger partial charge in [-0.1, -0.05) is 6.92 Å². The maximum Gasteiger partial charge on any atom is 0.227 e. The Labute approximate surface area is 156 Å². The quantitative estimate of drug-likeness (QED) is 0.389. The van der Waals surface area contributed by atoms with Crippen molar-refractivity contribution in [3.8, 4) is 0 Å². The SMILES string of the molecule is CCNC(=NCC(C)(C)C(=O)NC)N1CCSC(CC)C1.I. The molecule has 1 heterocycles. The van der Waals surface area contributed by atoms with Gasteiger partial charge in [-0.2, -0.15) is 11.8 Å². The van der Waals surface area contributed by atoms with Crippen molar-refractivity contribution < 1.29 is 4.79 Å². The number of thioether (sulfide) groups is 1. The topological polar surface area (TPSA) is 56.7 Å². The summed E-state index contributed by atoms with van der Waals surface area (Å²) in [6, 6.07) is 0. The largest absolute Gasteiger partial charge is 0.359 e. The maximum absolute atomic E-state index is 11.9. The van der Waals surface area contributed by atoms with Gasteiger partial charge in [0.05, 0.1) is 12.0 Å². The van der Waals surface area contributed by atoms with Gasteiger partial charge in [-0.3, -0.25) is 9.79 Å². The maximum atomic E-state index is 11.9. The molecule has 1 unspecified atom stereocenters. The average Bonchev–Trinajstić information content (AvgIpc) is 2.50. The first-order chi connectivity index (χ1) is 9.94. The molecular formula is C15H31IN4OS. The van der Waals surface area contributed by atoms with E-state index in [0.717, 1.165) is 31.3 Å². The lowest BCUT2D eigenvalue weighted by Gasteiger charge is -2.34. The van der Waals surface area contributed by atoms with Crippen LogP contribution in [-0.4, -0.2) is 61.0 Å². The van der Waals surface area contributed by atoms with E-state index < -0.39 is 5.41 Å². The summed E-state index contributed by atoms with van der Waals surface area (Å²) in [6.45, 7) is 11.6. The molecule has 0 aromatic carbocycles. The number of guanidine groups is 1. The van der Waals surface area contributed by atoms with Crippen LogP contribution in [0, 0.1) is 5.41 Å². The highest BCUT2D eigenvalue weighted by Crippen LogP contribution is 2.21. The van der Waals surface area contributed by atoms with Gasteiger partial charge < -0.3 is 15.5 Å². The molecule has 7 heteroatoms. The van der Waals surface area contributed by atoms with E-state index in [9.17, 15) is 4.79 Å². The highest BCUT2D eigenvalue weighted by molar-refractivity contribution is 14.0. The number of rotatable bonds is 5. The first-order valence-electron chi connectivity index (χ1n) is 7.81. The Kier molecular flexibility index (Phi) is 10.5. The van der Waals surface area contributed by atoms with Gasteiger partial charge in [0.25, 0.3) is 0 Å². The number of carbonyl (C=O) groups is 1. The van der Waals surface area contributed by atoms with Gasteiger partial charge in [0.2, 0.25) is 5.91 Å². The third-order valence-corrected chi connectivity index (χ3v) is 5.07. The minimum Gasteiger partial charge on any atom is -0.359 e. The molecule has 1 fully saturated rings. The number of amides is 1. The highest BCUT2D eigenvalue weighted by atomic mass is 127. The molecule has 1 amide bonds. The number of halogens is 1. The normalized spacial score (nSPS) is 19.4. The Bertz CT molecular complexity index is 377. The van der Waals surface area contributed by atoms with Crippen molar-refractivity contribution >= 4 is 47.6 Å². The zero-order valence-corrected chi connectivity index (χ0v) is 17.6. The minimum atomic E-state index is -0.482. The molecule has 5 nitrogen and oxygen atoms in total. The number of carbonyl (C=O) groups excluding carboxylic acids is 1. The predicted octanol–water partition coefficient (Wildman–Crippen LogP) is 2.17. The van der Waals surface area contributed by atoms with Gasteiger partial charge in [-0.25, -0.2) is 0 Å². The molecule has 1 aliphatic heterocycles. The molecule has 1 atom stereocenters. The fourth-order valence-electron chi connectivity index (χ4n) is 2.27. The van der Waals surface area contributed by atoms with Gasteiger partial charge in [-0.15, -0.1) is 24.0 Å². The van der Waals surface area contributed by atoms with Gasteiger partial charge in [0.15, 0.2) is 5.96 Å². The number of nitrogens with one attached hydrogen (secondary N) is 2. The van der Waals surface area contributed by atoms with Crippen LogP contribution >= 0.6 is 35.7 Å². The fourth-order valence-corrected chi connectivity index (χ4v) is 3.45. The summed E-state index contributed by atoms with van der Waals surface area (Å²) >= 11 is 2.05. The molecule has 2 N–H and O–H groups in total. The molecule has 130 valence electrons. The summed E-state index contributed by atoms with van der Waals surface area (Å²) in [5, 5.41) is 6.75. The van der Waals surface area contributed by atoms with Gasteiger partial charge >= 0.3 is 0 Å². The molecule has 22 heavy (non-hydrogen) atoms. The summed E-state index contributed by atoms with van der Waals surface area (Å²) in [5.74, 6) is 2.11. The molecule has 1 rings (SSSR count). The van der Waals surface area contributed by atoms with Crippen molar-refractivity contribution in [2.45, 2.75) is 39.4 Å². The van der Waals surface area contributed by atoms with Crippen LogP contribution < -0.4 is 10.6 Å². The minimum absolute atomic E-state index is 0. The molecular weight excluding hydrogens is 411 g/mol. The van der Waals surface area contributed by atoms with E-state index in [2.05, 4.69) is 29.4 Å². The molecule has 0 radical (unpaired) electrons. The molecule has 0 spiro atoms. The second-order valence-electron chi connectivity index (χ2n) is 5.98. The zero-order valence-electron chi connectivity index (χ0n) is 14.4. The number of aliphatic imine (C=N–C) groups is 1. The summed E-state index contributed by atoms with van der Waals surface area (Å²) in [5.41, 5.74) is -0.482. The van der Waals surface area contributed by atoms with Crippen LogP contribution in [0.1, 0.15) is 34.1 Å². The van der Waals surface area contributed by atoms with Gasteiger partial charge in [0, 0.05) is 37.7 Å². The van der Waals surface area contributed by atoms with Crippen LogP contribution in [-0.2, 0) is 4.79 Å². The number of hydrogen-bond acceptors (Lipinski definition) is 3. The van der Waals surface area contributed by atoms with E-state index in [-0.39, 0.29) is 29.9 Å². The van der Waals surface area contributed by atoms with Crippen LogP contribution in [0.15, 0.2) is 4.99 Å². The smallest absolute Gasteiger partial charge is 0.227 e. The van der Waals surface area contributed by atoms with Crippen LogP contribution in [0.3, 0.4) is 0 Å². The molecule has 0 saturated carbocycles. The molecule has 0 bridgehead atoms. The van der Waals surface area contributed by atoms with E-state index in [1.807, 2.05) is 25.6 Å². The van der Waals surface area contributed by atoms with Gasteiger partial charge in [-0.05, 0) is 27.2 Å². The summed E-state index contributed by atoms with van der Waals surface area (Å²) < 4.78 is 0. The molecule has 1 aliphatic rings. The lowest BCUT2D eigenvalue weighted by molar-refractivity contribution is -0.128. The van der Waals surface area contributed by atoms with Crippen LogP contribution in [0.25, 0.3) is 0 Å². The second-order valence-corrected chi connectivity index (χ2v) is 7.39. The first-order valence-corrected chi connectivity index (χ1v) is 8.86. The standard InChI is InChI=1S/C15H30N4OS.HI/c1-6-12-10-19(8-9-21-12)14(17-7-2)18-11-15(3,4)13(20)16-5;/h12H,6-11H2,1-5H3,(H,16,20)(H,17,18);1H. The van der Waals surface area contributed by atoms with E-state index in [1.165, 1.54) is 6.42 Å². The van der Waals surface area contributed by atoms with E-state index in [1.54, 1.807) is 7.05 Å². The lowest BCUT2D eigenvalue weighted by atomic mass is 9.93. The second kappa shape index (κ2) is 10.6. The van der Waals surface area contributed by atoms with E-state index in [0.29, 0.717) is 11.8 Å².